The monoisotopic (exact) mass is 637 g/mol. The Bertz CT molecular complexity index is 1520. The minimum atomic E-state index is -2.17. The number of nitrogens with one attached hydrogen (secondary N) is 1. The molecule has 3 rings (SSSR count). The molecule has 2 aromatic heterocycles. The molecule has 14 nitrogen and oxygen atoms in total. The lowest BCUT2D eigenvalue weighted by Crippen LogP contribution is -2.54. The second kappa shape index (κ2) is 16.5. The van der Waals surface area contributed by atoms with Crippen molar-refractivity contribution < 1.29 is 33.3 Å². The predicted molar refractivity (Wildman–Crippen MR) is 172 cm³/mol. The summed E-state index contributed by atoms with van der Waals surface area (Å²) in [6.45, 7) is 9.55. The lowest BCUT2D eigenvalue weighted by atomic mass is 9.93. The highest BCUT2D eigenvalue weighted by molar-refractivity contribution is 6.04. The number of benzene rings is 1. The molecule has 3 N–H and O–H groups in total. The van der Waals surface area contributed by atoms with Crippen LogP contribution in [0.4, 0.5) is 16.3 Å². The summed E-state index contributed by atoms with van der Waals surface area (Å²) in [5.74, 6) is 1.02. The maximum atomic E-state index is 13.5. The average Bonchev–Trinajstić information content (AvgIpc) is 3.44. The van der Waals surface area contributed by atoms with E-state index in [2.05, 4.69) is 26.2 Å². The van der Waals surface area contributed by atoms with E-state index < -0.39 is 29.6 Å². The van der Waals surface area contributed by atoms with E-state index in [0.29, 0.717) is 41.3 Å². The van der Waals surface area contributed by atoms with E-state index >= 15 is 0 Å². The molecule has 0 saturated heterocycles. The van der Waals surface area contributed by atoms with Crippen LogP contribution in [0.25, 0.3) is 11.2 Å². The number of ether oxygens (including phenoxy) is 4. The highest BCUT2D eigenvalue weighted by Crippen LogP contribution is 2.27. The van der Waals surface area contributed by atoms with Crippen LogP contribution in [0.3, 0.4) is 0 Å². The number of aromatic nitrogens is 4. The molecular formula is C32H43N7O7. The molecular weight excluding hydrogens is 594 g/mol. The Morgan fingerprint density at radius 1 is 1.09 bits per heavy atom. The third-order valence-electron chi connectivity index (χ3n) is 7.26. The van der Waals surface area contributed by atoms with Gasteiger partial charge in [-0.3, -0.25) is 4.90 Å². The quantitative estimate of drug-likeness (QED) is 0.134. The number of hydrogen-bond acceptors (Lipinski definition) is 11. The zero-order valence-electron chi connectivity index (χ0n) is 27.2. The molecule has 46 heavy (non-hydrogen) atoms. The fourth-order valence-electron chi connectivity index (χ4n) is 4.94. The van der Waals surface area contributed by atoms with Crippen LogP contribution in [0.5, 0.6) is 0 Å². The van der Waals surface area contributed by atoms with Crippen LogP contribution in [0.1, 0.15) is 39.1 Å². The van der Waals surface area contributed by atoms with Crippen molar-refractivity contribution in [3.05, 3.63) is 42.0 Å². The van der Waals surface area contributed by atoms with E-state index in [4.69, 9.17) is 31.1 Å². The zero-order chi connectivity index (χ0) is 33.9. The van der Waals surface area contributed by atoms with E-state index in [1.165, 1.54) is 7.11 Å². The minimum absolute atomic E-state index is 0.000911. The number of nitrogens with zero attached hydrogens (tertiary/aromatic N) is 5. The van der Waals surface area contributed by atoms with Crippen molar-refractivity contribution in [2.24, 2.45) is 5.92 Å². The normalized spacial score (nSPS) is 12.6. The molecule has 14 heteroatoms. The number of terminal acetylenes is 1. The van der Waals surface area contributed by atoms with Crippen LogP contribution in [-0.2, 0) is 41.5 Å². The lowest BCUT2D eigenvalue weighted by Gasteiger charge is -2.32. The molecule has 0 aliphatic carbocycles. The van der Waals surface area contributed by atoms with Gasteiger partial charge in [-0.25, -0.2) is 29.3 Å². The lowest BCUT2D eigenvalue weighted by molar-refractivity contribution is -0.195. The molecule has 0 saturated carbocycles. The number of carbonyl (C=O) groups excluding carboxylic acids is 3. The van der Waals surface area contributed by atoms with Crippen molar-refractivity contribution >= 4 is 40.6 Å². The summed E-state index contributed by atoms with van der Waals surface area (Å²) in [7, 11) is 1.46. The number of nitrogens with two attached hydrogens (primary N) is 1. The number of aryl methyl sites for hydroxylation is 1. The van der Waals surface area contributed by atoms with Gasteiger partial charge >= 0.3 is 18.0 Å². The second-order valence-corrected chi connectivity index (χ2v) is 10.3. The number of fused-ring (bicyclic) bond motifs is 1. The number of imidazole rings is 1. The van der Waals surface area contributed by atoms with Crippen LogP contribution in [0.2, 0.25) is 0 Å². The Labute approximate surface area is 268 Å². The molecule has 0 spiro atoms. The number of hydrogen-bond donors (Lipinski definition) is 2. The van der Waals surface area contributed by atoms with E-state index in [-0.39, 0.29) is 44.6 Å². The standard InChI is InChI=1S/C32H43N7O7/c1-8-23(18-38-20-35-26-27(33)36-21(6)37-28(26)38)25(43-7)19-46-32(29(40)44-11-4,30(41)45-12-5)17-22-13-15-24(16-14-22)39(10-3)31(42)34-9-2/h1,13-16,20,23,25H,9-12,17-19H2,2-7H3,(H,34,42)(H2,33,36,37). The topological polar surface area (TPSA) is 173 Å². The Morgan fingerprint density at radius 2 is 1.74 bits per heavy atom. The number of methoxy groups -OCH3 is 1. The molecule has 248 valence electrons. The van der Waals surface area contributed by atoms with Crippen molar-refractivity contribution in [2.75, 3.05) is 50.7 Å². The highest BCUT2D eigenvalue weighted by atomic mass is 16.6. The van der Waals surface area contributed by atoms with E-state index in [0.717, 1.165) is 0 Å². The average molecular weight is 638 g/mol. The first-order chi connectivity index (χ1) is 22.1. The van der Waals surface area contributed by atoms with Crippen molar-refractivity contribution in [1.82, 2.24) is 24.8 Å². The van der Waals surface area contributed by atoms with Crippen molar-refractivity contribution in [3.63, 3.8) is 0 Å². The Morgan fingerprint density at radius 3 is 2.28 bits per heavy atom. The number of nitrogen functional groups attached to an aromatic ring is 1. The van der Waals surface area contributed by atoms with Gasteiger partial charge in [0.15, 0.2) is 11.5 Å². The molecule has 0 aliphatic rings. The van der Waals surface area contributed by atoms with Gasteiger partial charge in [0.1, 0.15) is 11.3 Å². The highest BCUT2D eigenvalue weighted by Gasteiger charge is 2.51. The van der Waals surface area contributed by atoms with Gasteiger partial charge in [-0.1, -0.05) is 18.1 Å². The first-order valence-corrected chi connectivity index (χ1v) is 15.1. The van der Waals surface area contributed by atoms with Gasteiger partial charge in [0, 0.05) is 38.9 Å². The SMILES string of the molecule is C#CC(Cn1cnc2c(N)nc(C)nc21)C(COC(Cc1ccc(N(CC)C(=O)NCC)cc1)(C(=O)OCC)C(=O)OCC)OC. The van der Waals surface area contributed by atoms with Crippen LogP contribution >= 0.6 is 0 Å². The number of anilines is 2. The summed E-state index contributed by atoms with van der Waals surface area (Å²) in [6, 6.07) is 6.65. The summed E-state index contributed by atoms with van der Waals surface area (Å²) in [4.78, 5) is 54.1. The second-order valence-electron chi connectivity index (χ2n) is 10.3. The smallest absolute Gasteiger partial charge is 0.350 e. The molecule has 0 fully saturated rings. The van der Waals surface area contributed by atoms with Gasteiger partial charge in [-0.15, -0.1) is 6.42 Å². The fraction of sp³-hybridized carbons (Fsp3) is 0.500. The first-order valence-electron chi connectivity index (χ1n) is 15.1. The van der Waals surface area contributed by atoms with Crippen LogP contribution in [-0.4, -0.2) is 89.2 Å². The maximum absolute atomic E-state index is 13.5. The minimum Gasteiger partial charge on any atom is -0.463 e. The Kier molecular flexibility index (Phi) is 12.8. The maximum Gasteiger partial charge on any atom is 0.350 e. The third kappa shape index (κ3) is 8.09. The molecule has 2 unspecified atom stereocenters. The summed E-state index contributed by atoms with van der Waals surface area (Å²) in [5, 5.41) is 2.78. The summed E-state index contributed by atoms with van der Waals surface area (Å²) >= 11 is 0. The van der Waals surface area contributed by atoms with E-state index in [1.54, 1.807) is 60.8 Å². The largest absolute Gasteiger partial charge is 0.463 e. The number of urea groups is 1. The Hall–Kier alpha value is -4.74. The Balaban J connectivity index is 1.93. The predicted octanol–water partition coefficient (Wildman–Crippen LogP) is 2.66. The van der Waals surface area contributed by atoms with Gasteiger partial charge in [0.25, 0.3) is 5.60 Å². The van der Waals surface area contributed by atoms with Crippen LogP contribution in [0, 0.1) is 25.2 Å². The third-order valence-corrected chi connectivity index (χ3v) is 7.26. The zero-order valence-corrected chi connectivity index (χ0v) is 27.2. The molecule has 0 radical (unpaired) electrons. The number of carbonyl (C=O) groups is 3. The van der Waals surface area contributed by atoms with Crippen molar-refractivity contribution in [2.45, 2.75) is 59.3 Å². The van der Waals surface area contributed by atoms with Crippen LogP contribution in [0.15, 0.2) is 30.6 Å². The summed E-state index contributed by atoms with van der Waals surface area (Å²) < 4.78 is 24.4. The molecule has 2 heterocycles. The van der Waals surface area contributed by atoms with Crippen LogP contribution < -0.4 is 16.0 Å². The van der Waals surface area contributed by atoms with E-state index in [9.17, 15) is 14.4 Å². The molecule has 0 aliphatic heterocycles. The van der Waals surface area contributed by atoms with Crippen molar-refractivity contribution in [3.8, 4) is 12.3 Å². The summed E-state index contributed by atoms with van der Waals surface area (Å²) in [6.07, 6.45) is 6.52. The first kappa shape index (κ1) is 35.7. The van der Waals surface area contributed by atoms with Gasteiger partial charge < -0.3 is 34.6 Å². The van der Waals surface area contributed by atoms with Gasteiger partial charge in [0.2, 0.25) is 0 Å². The molecule has 3 aromatic rings. The van der Waals surface area contributed by atoms with Gasteiger partial charge in [-0.05, 0) is 52.3 Å². The molecule has 2 atom stereocenters. The van der Waals surface area contributed by atoms with Gasteiger partial charge in [0.05, 0.1) is 38.2 Å². The number of amides is 2. The number of esters is 2. The van der Waals surface area contributed by atoms with Crippen molar-refractivity contribution in [1.29, 1.82) is 0 Å². The summed E-state index contributed by atoms with van der Waals surface area (Å²) in [5.41, 5.74) is 6.00. The number of rotatable bonds is 16. The molecule has 1 aromatic carbocycles. The molecule has 0 bridgehead atoms. The fourth-order valence-corrected chi connectivity index (χ4v) is 4.94. The molecule has 2 amide bonds. The van der Waals surface area contributed by atoms with Gasteiger partial charge in [-0.2, -0.15) is 0 Å². The van der Waals surface area contributed by atoms with E-state index in [1.807, 2.05) is 13.8 Å².